The number of nitrogens with zero attached hydrogens (tertiary/aromatic N) is 3. The topological polar surface area (TPSA) is 45.4 Å². The van der Waals surface area contributed by atoms with Gasteiger partial charge in [0.05, 0.1) is 0 Å². The van der Waals surface area contributed by atoms with Crippen molar-refractivity contribution in [2.45, 2.75) is 25.8 Å². The molecule has 1 atom stereocenters. The lowest BCUT2D eigenvalue weighted by molar-refractivity contribution is 0.270. The van der Waals surface area contributed by atoms with Gasteiger partial charge in [-0.05, 0) is 32.0 Å². The number of anilines is 2. The van der Waals surface area contributed by atoms with Crippen molar-refractivity contribution in [2.24, 2.45) is 0 Å². The third kappa shape index (κ3) is 3.06. The molecular weight excluding hydrogens is 248 g/mol. The molecule has 0 saturated carbocycles. The average Bonchev–Trinajstić information content (AvgIpc) is 2.75. The van der Waals surface area contributed by atoms with Crippen molar-refractivity contribution >= 4 is 23.1 Å². The fraction of sp³-hybridized carbons (Fsp3) is 0.615. The highest BCUT2D eigenvalue weighted by Gasteiger charge is 2.24. The standard InChI is InChI=1S/C13H21ClN4/c1-3-18-6-4-5-11(18)9-17(2)13-8-10(15)7-12(14)16-13/h7-8,11H,3-6,9H2,1-2H3,(H2,15,16). The van der Waals surface area contributed by atoms with E-state index in [0.717, 1.165) is 18.9 Å². The molecule has 1 saturated heterocycles. The van der Waals surface area contributed by atoms with Crippen LogP contribution in [0.4, 0.5) is 11.5 Å². The van der Waals surface area contributed by atoms with Crippen molar-refractivity contribution in [3.8, 4) is 0 Å². The van der Waals surface area contributed by atoms with Gasteiger partial charge >= 0.3 is 0 Å². The molecule has 18 heavy (non-hydrogen) atoms. The number of nitrogens with two attached hydrogens (primary N) is 1. The Labute approximate surface area is 114 Å². The molecule has 2 N–H and O–H groups in total. The number of aromatic nitrogens is 1. The van der Waals surface area contributed by atoms with E-state index in [9.17, 15) is 0 Å². The van der Waals surface area contributed by atoms with Gasteiger partial charge in [0.1, 0.15) is 11.0 Å². The molecule has 1 aliphatic rings. The monoisotopic (exact) mass is 268 g/mol. The second-order valence-corrected chi connectivity index (χ2v) is 5.27. The van der Waals surface area contributed by atoms with Crippen LogP contribution < -0.4 is 10.6 Å². The predicted molar refractivity (Wildman–Crippen MR) is 77.2 cm³/mol. The number of likely N-dealkylation sites (tertiary alicyclic amines) is 1. The van der Waals surface area contributed by atoms with Crippen molar-refractivity contribution in [3.63, 3.8) is 0 Å². The van der Waals surface area contributed by atoms with Crippen LogP contribution in [-0.2, 0) is 0 Å². The van der Waals surface area contributed by atoms with E-state index in [1.807, 2.05) is 13.1 Å². The van der Waals surface area contributed by atoms with E-state index in [2.05, 4.69) is 21.7 Å². The van der Waals surface area contributed by atoms with Gasteiger partial charge in [0, 0.05) is 31.4 Å². The average molecular weight is 269 g/mol. The van der Waals surface area contributed by atoms with Crippen molar-refractivity contribution in [1.82, 2.24) is 9.88 Å². The lowest BCUT2D eigenvalue weighted by Crippen LogP contribution is -2.39. The van der Waals surface area contributed by atoms with Gasteiger partial charge in [0.15, 0.2) is 0 Å². The molecule has 2 heterocycles. The summed E-state index contributed by atoms with van der Waals surface area (Å²) in [7, 11) is 2.05. The summed E-state index contributed by atoms with van der Waals surface area (Å²) in [5.41, 5.74) is 6.46. The first-order valence-corrected chi connectivity index (χ1v) is 6.86. The summed E-state index contributed by atoms with van der Waals surface area (Å²) in [5.74, 6) is 0.850. The van der Waals surface area contributed by atoms with Crippen molar-refractivity contribution < 1.29 is 0 Å². The molecule has 1 unspecified atom stereocenters. The van der Waals surface area contributed by atoms with Gasteiger partial charge in [-0.15, -0.1) is 0 Å². The van der Waals surface area contributed by atoms with Crippen molar-refractivity contribution in [2.75, 3.05) is 37.3 Å². The molecule has 0 radical (unpaired) electrons. The van der Waals surface area contributed by atoms with E-state index in [4.69, 9.17) is 17.3 Å². The van der Waals surface area contributed by atoms with Gasteiger partial charge in [-0.1, -0.05) is 18.5 Å². The number of rotatable bonds is 4. The van der Waals surface area contributed by atoms with Crippen molar-refractivity contribution in [3.05, 3.63) is 17.3 Å². The first-order valence-electron chi connectivity index (χ1n) is 6.48. The molecule has 1 aromatic heterocycles. The summed E-state index contributed by atoms with van der Waals surface area (Å²) < 4.78 is 0. The minimum Gasteiger partial charge on any atom is -0.399 e. The summed E-state index contributed by atoms with van der Waals surface area (Å²) in [4.78, 5) is 8.98. The maximum absolute atomic E-state index is 5.94. The molecule has 1 aliphatic heterocycles. The molecule has 1 fully saturated rings. The summed E-state index contributed by atoms with van der Waals surface area (Å²) in [6, 6.07) is 4.16. The molecule has 0 amide bonds. The van der Waals surface area contributed by atoms with Gasteiger partial charge in [-0.2, -0.15) is 0 Å². The number of halogens is 1. The Kier molecular flexibility index (Phi) is 4.30. The van der Waals surface area contributed by atoms with Crippen LogP contribution >= 0.6 is 11.6 Å². The highest BCUT2D eigenvalue weighted by molar-refractivity contribution is 6.29. The summed E-state index contributed by atoms with van der Waals surface area (Å²) in [6.45, 7) is 5.51. The van der Waals surface area contributed by atoms with Crippen LogP contribution in [0, 0.1) is 0 Å². The van der Waals surface area contributed by atoms with E-state index >= 15 is 0 Å². The van der Waals surface area contributed by atoms with E-state index < -0.39 is 0 Å². The Balaban J connectivity index is 2.04. The lowest BCUT2D eigenvalue weighted by atomic mass is 10.2. The van der Waals surface area contributed by atoms with Crippen LogP contribution in [0.25, 0.3) is 0 Å². The van der Waals surface area contributed by atoms with Crippen LogP contribution in [-0.4, -0.2) is 42.6 Å². The summed E-state index contributed by atoms with van der Waals surface area (Å²) in [5, 5.41) is 0.454. The van der Waals surface area contributed by atoms with Crippen LogP contribution in [0.15, 0.2) is 12.1 Å². The van der Waals surface area contributed by atoms with Gasteiger partial charge in [0.25, 0.3) is 0 Å². The highest BCUT2D eigenvalue weighted by atomic mass is 35.5. The second-order valence-electron chi connectivity index (χ2n) is 4.89. The Bertz CT molecular complexity index is 390. The lowest BCUT2D eigenvalue weighted by Gasteiger charge is -2.28. The zero-order chi connectivity index (χ0) is 13.1. The Morgan fingerprint density at radius 1 is 1.56 bits per heavy atom. The Hall–Kier alpha value is -1.00. The molecule has 0 aliphatic carbocycles. The normalized spacial score (nSPS) is 20.3. The van der Waals surface area contributed by atoms with Gasteiger partial charge in [0.2, 0.25) is 0 Å². The molecular formula is C13H21ClN4. The minimum atomic E-state index is 0.454. The first kappa shape index (κ1) is 13.4. The quantitative estimate of drug-likeness (QED) is 0.851. The maximum atomic E-state index is 5.94. The van der Waals surface area contributed by atoms with Crippen LogP contribution in [0.5, 0.6) is 0 Å². The SMILES string of the molecule is CCN1CCCC1CN(C)c1cc(N)cc(Cl)n1. The van der Waals surface area contributed by atoms with Gasteiger partial charge in [-0.25, -0.2) is 4.98 Å². The molecule has 100 valence electrons. The molecule has 0 spiro atoms. The van der Waals surface area contributed by atoms with E-state index in [-0.39, 0.29) is 0 Å². The smallest absolute Gasteiger partial charge is 0.133 e. The maximum Gasteiger partial charge on any atom is 0.133 e. The van der Waals surface area contributed by atoms with Crippen LogP contribution in [0.3, 0.4) is 0 Å². The summed E-state index contributed by atoms with van der Waals surface area (Å²) in [6.07, 6.45) is 2.55. The third-order valence-corrected chi connectivity index (χ3v) is 3.78. The molecule has 0 aromatic carbocycles. The predicted octanol–water partition coefficient (Wildman–Crippen LogP) is 2.24. The largest absolute Gasteiger partial charge is 0.399 e. The number of pyridine rings is 1. The van der Waals surface area contributed by atoms with Crippen LogP contribution in [0.1, 0.15) is 19.8 Å². The van der Waals surface area contributed by atoms with E-state index in [0.29, 0.717) is 16.9 Å². The second kappa shape index (κ2) is 5.76. The zero-order valence-corrected chi connectivity index (χ0v) is 11.8. The molecule has 1 aromatic rings. The van der Waals surface area contributed by atoms with Gasteiger partial charge in [-0.3, -0.25) is 4.90 Å². The first-order chi connectivity index (χ1) is 8.60. The zero-order valence-electron chi connectivity index (χ0n) is 11.1. The number of hydrogen-bond donors (Lipinski definition) is 1. The minimum absolute atomic E-state index is 0.454. The van der Waals surface area contributed by atoms with Gasteiger partial charge < -0.3 is 10.6 Å². The Morgan fingerprint density at radius 2 is 2.33 bits per heavy atom. The number of likely N-dealkylation sites (N-methyl/N-ethyl adjacent to an activating group) is 2. The van der Waals surface area contributed by atoms with E-state index in [1.54, 1.807) is 6.07 Å². The fourth-order valence-electron chi connectivity index (χ4n) is 2.63. The number of hydrogen-bond acceptors (Lipinski definition) is 4. The molecule has 5 heteroatoms. The fourth-order valence-corrected chi connectivity index (χ4v) is 2.84. The highest BCUT2D eigenvalue weighted by Crippen LogP contribution is 2.22. The molecule has 2 rings (SSSR count). The Morgan fingerprint density at radius 3 is 3.00 bits per heavy atom. The molecule has 0 bridgehead atoms. The third-order valence-electron chi connectivity index (χ3n) is 3.58. The number of nitrogen functional groups attached to an aromatic ring is 1. The van der Waals surface area contributed by atoms with Crippen LogP contribution in [0.2, 0.25) is 5.15 Å². The molecule has 4 nitrogen and oxygen atoms in total. The van der Waals surface area contributed by atoms with Crippen molar-refractivity contribution in [1.29, 1.82) is 0 Å². The summed E-state index contributed by atoms with van der Waals surface area (Å²) >= 11 is 5.94. The van der Waals surface area contributed by atoms with E-state index in [1.165, 1.54) is 19.4 Å².